The van der Waals surface area contributed by atoms with Crippen molar-refractivity contribution in [3.05, 3.63) is 48.6 Å². The van der Waals surface area contributed by atoms with Gasteiger partial charge in [-0.3, -0.25) is 9.98 Å². The molecule has 70 valence electrons. The van der Waals surface area contributed by atoms with Crippen LogP contribution in [0.25, 0.3) is 0 Å². The molecule has 0 heterocycles. The van der Waals surface area contributed by atoms with Crippen LogP contribution in [0, 0.1) is 0 Å². The molecule has 0 fully saturated rings. The lowest BCUT2D eigenvalue weighted by Gasteiger charge is -1.94. The van der Waals surface area contributed by atoms with E-state index in [-0.39, 0.29) is 12.1 Å². The molecule has 0 aromatic rings. The highest BCUT2D eigenvalue weighted by atomic mass is 14.8. The van der Waals surface area contributed by atoms with Crippen molar-refractivity contribution < 1.29 is 0 Å². The summed E-state index contributed by atoms with van der Waals surface area (Å²) < 4.78 is 0. The zero-order valence-corrected chi connectivity index (χ0v) is 7.82. The van der Waals surface area contributed by atoms with Crippen LogP contribution in [-0.2, 0) is 0 Å². The Bertz CT molecular complexity index is 297. The maximum atomic E-state index is 4.29. The van der Waals surface area contributed by atoms with Crippen LogP contribution >= 0.6 is 0 Å². The summed E-state index contributed by atoms with van der Waals surface area (Å²) in [6.45, 7) is 0. The Morgan fingerprint density at radius 2 is 1.00 bits per heavy atom. The maximum absolute atomic E-state index is 4.29. The molecule has 2 aliphatic rings. The quantitative estimate of drug-likeness (QED) is 0.600. The minimum Gasteiger partial charge on any atom is -0.280 e. The molecule has 2 aliphatic carbocycles. The maximum Gasteiger partial charge on any atom is 0.0867 e. The molecule has 0 aromatic heterocycles. The fourth-order valence-corrected chi connectivity index (χ4v) is 1.31. The molecule has 14 heavy (non-hydrogen) atoms. The molecule has 0 aliphatic heterocycles. The van der Waals surface area contributed by atoms with Crippen molar-refractivity contribution in [2.75, 3.05) is 0 Å². The van der Waals surface area contributed by atoms with Crippen molar-refractivity contribution in [1.82, 2.24) is 0 Å². The molecule has 0 amide bonds. The van der Waals surface area contributed by atoms with Crippen molar-refractivity contribution in [3.63, 3.8) is 0 Å². The first kappa shape index (κ1) is 8.88. The zero-order chi connectivity index (χ0) is 9.64. The van der Waals surface area contributed by atoms with Crippen LogP contribution in [0.5, 0.6) is 0 Å². The fourth-order valence-electron chi connectivity index (χ4n) is 1.31. The second-order valence-electron chi connectivity index (χ2n) is 3.12. The van der Waals surface area contributed by atoms with E-state index in [9.17, 15) is 0 Å². The third kappa shape index (κ3) is 2.39. The van der Waals surface area contributed by atoms with E-state index in [4.69, 9.17) is 0 Å². The van der Waals surface area contributed by atoms with Crippen LogP contribution in [0.1, 0.15) is 0 Å². The third-order valence-electron chi connectivity index (χ3n) is 2.04. The standard InChI is InChI=1S/C12H12N2/c1-2-6-11(5-1)13-9-10-14-12-7-3-4-8-12/h1-12H. The molecular formula is C12H12N2. The number of hydrogen-bond donors (Lipinski definition) is 0. The van der Waals surface area contributed by atoms with Gasteiger partial charge in [-0.15, -0.1) is 0 Å². The van der Waals surface area contributed by atoms with Gasteiger partial charge in [-0.25, -0.2) is 0 Å². The molecule has 0 aromatic carbocycles. The summed E-state index contributed by atoms with van der Waals surface area (Å²) in [5.41, 5.74) is 0. The second kappa shape index (κ2) is 4.51. The van der Waals surface area contributed by atoms with E-state index in [1.54, 1.807) is 12.4 Å². The topological polar surface area (TPSA) is 24.7 Å². The minimum absolute atomic E-state index is 0.205. The van der Waals surface area contributed by atoms with Crippen molar-refractivity contribution in [2.24, 2.45) is 9.98 Å². The first-order chi connectivity index (χ1) is 6.95. The van der Waals surface area contributed by atoms with Crippen LogP contribution in [0.2, 0.25) is 0 Å². The predicted molar refractivity (Wildman–Crippen MR) is 61.1 cm³/mol. The smallest absolute Gasteiger partial charge is 0.0867 e. The van der Waals surface area contributed by atoms with Gasteiger partial charge in [0.15, 0.2) is 0 Å². The Morgan fingerprint density at radius 3 is 1.36 bits per heavy atom. The molecule has 0 unspecified atom stereocenters. The molecule has 0 saturated heterocycles. The van der Waals surface area contributed by atoms with E-state index in [2.05, 4.69) is 9.98 Å². The van der Waals surface area contributed by atoms with Gasteiger partial charge in [0.1, 0.15) is 0 Å². The van der Waals surface area contributed by atoms with Gasteiger partial charge in [0.05, 0.1) is 12.1 Å². The third-order valence-corrected chi connectivity index (χ3v) is 2.04. The Kier molecular flexibility index (Phi) is 2.86. The van der Waals surface area contributed by atoms with Gasteiger partial charge in [-0.2, -0.15) is 0 Å². The lowest BCUT2D eigenvalue weighted by Crippen LogP contribution is -1.95. The van der Waals surface area contributed by atoms with Crippen LogP contribution in [0.3, 0.4) is 0 Å². The Labute approximate surface area is 83.8 Å². The summed E-state index contributed by atoms with van der Waals surface area (Å²) in [7, 11) is 0. The summed E-state index contributed by atoms with van der Waals surface area (Å²) in [4.78, 5) is 8.58. The summed E-state index contributed by atoms with van der Waals surface area (Å²) >= 11 is 0. The van der Waals surface area contributed by atoms with Gasteiger partial charge in [-0.05, 0) is 0 Å². The summed E-state index contributed by atoms with van der Waals surface area (Å²) in [5.74, 6) is 0. The van der Waals surface area contributed by atoms with Crippen LogP contribution in [-0.4, -0.2) is 24.5 Å². The van der Waals surface area contributed by atoms with Crippen LogP contribution in [0.4, 0.5) is 0 Å². The van der Waals surface area contributed by atoms with Crippen LogP contribution < -0.4 is 0 Å². The molecule has 0 bridgehead atoms. The highest BCUT2D eigenvalue weighted by molar-refractivity contribution is 6.16. The Hall–Kier alpha value is -1.70. The predicted octanol–water partition coefficient (Wildman–Crippen LogP) is 2.12. The first-order valence-corrected chi connectivity index (χ1v) is 4.70. The molecule has 0 radical (unpaired) electrons. The van der Waals surface area contributed by atoms with Crippen LogP contribution in [0.15, 0.2) is 58.6 Å². The number of aliphatic imine (C=N–C) groups is 2. The molecule has 2 heteroatoms. The molecule has 0 saturated carbocycles. The zero-order valence-electron chi connectivity index (χ0n) is 7.82. The number of nitrogens with zero attached hydrogens (tertiary/aromatic N) is 2. The molecule has 2 nitrogen and oxygen atoms in total. The molecule has 0 N–H and O–H groups in total. The van der Waals surface area contributed by atoms with Crippen molar-refractivity contribution in [3.8, 4) is 0 Å². The molecule has 0 spiro atoms. The largest absolute Gasteiger partial charge is 0.280 e. The summed E-state index contributed by atoms with van der Waals surface area (Å²) in [6, 6.07) is 0.409. The van der Waals surface area contributed by atoms with Gasteiger partial charge in [0, 0.05) is 12.4 Å². The number of hydrogen-bond acceptors (Lipinski definition) is 2. The molecular weight excluding hydrogens is 172 g/mol. The van der Waals surface area contributed by atoms with E-state index in [0.29, 0.717) is 0 Å². The van der Waals surface area contributed by atoms with E-state index in [0.717, 1.165) is 0 Å². The van der Waals surface area contributed by atoms with Crippen molar-refractivity contribution >= 4 is 12.4 Å². The highest BCUT2D eigenvalue weighted by Crippen LogP contribution is 2.04. The van der Waals surface area contributed by atoms with Crippen molar-refractivity contribution in [2.45, 2.75) is 12.1 Å². The number of rotatable bonds is 3. The van der Waals surface area contributed by atoms with Gasteiger partial charge in [-0.1, -0.05) is 48.6 Å². The first-order valence-electron chi connectivity index (χ1n) is 4.70. The highest BCUT2D eigenvalue weighted by Gasteiger charge is 1.98. The lowest BCUT2D eigenvalue weighted by molar-refractivity contribution is 1.05. The normalized spacial score (nSPS) is 21.4. The SMILES string of the molecule is C1=CC(N=CC=NC2C=CC=C2)C=C1. The van der Waals surface area contributed by atoms with E-state index in [1.165, 1.54) is 0 Å². The number of allylic oxidation sites excluding steroid dienone is 4. The summed E-state index contributed by atoms with van der Waals surface area (Å²) in [5, 5.41) is 0. The van der Waals surface area contributed by atoms with E-state index >= 15 is 0 Å². The van der Waals surface area contributed by atoms with Gasteiger partial charge in [0.25, 0.3) is 0 Å². The second-order valence-corrected chi connectivity index (χ2v) is 3.12. The average molecular weight is 184 g/mol. The van der Waals surface area contributed by atoms with Crippen molar-refractivity contribution in [1.29, 1.82) is 0 Å². The Morgan fingerprint density at radius 1 is 0.643 bits per heavy atom. The fraction of sp³-hybridized carbons (Fsp3) is 0.167. The van der Waals surface area contributed by atoms with Gasteiger partial charge >= 0.3 is 0 Å². The molecule has 0 atom stereocenters. The average Bonchev–Trinajstić information content (AvgIpc) is 2.86. The summed E-state index contributed by atoms with van der Waals surface area (Å²) in [6.07, 6.45) is 19.7. The van der Waals surface area contributed by atoms with E-state index in [1.807, 2.05) is 48.6 Å². The minimum atomic E-state index is 0.205. The lowest BCUT2D eigenvalue weighted by atomic mass is 10.3. The van der Waals surface area contributed by atoms with Gasteiger partial charge < -0.3 is 0 Å². The van der Waals surface area contributed by atoms with E-state index < -0.39 is 0 Å². The molecule has 2 rings (SSSR count). The van der Waals surface area contributed by atoms with Gasteiger partial charge in [0.2, 0.25) is 0 Å². The monoisotopic (exact) mass is 184 g/mol. The Balaban J connectivity index is 1.81.